The van der Waals surface area contributed by atoms with Gasteiger partial charge in [0.05, 0.1) is 13.2 Å². The molecule has 2 aliphatic heterocycles. The molecule has 0 radical (unpaired) electrons. The molecular formula is C28H36F2N2O8. The number of amides is 1. The Morgan fingerprint density at radius 1 is 1.02 bits per heavy atom. The number of likely N-dealkylation sites (tertiary alicyclic amines) is 1. The van der Waals surface area contributed by atoms with E-state index in [9.17, 15) is 13.6 Å². The number of benzene rings is 2. The number of carboxylic acid groups (broad SMARTS) is 2. The van der Waals surface area contributed by atoms with Crippen molar-refractivity contribution in [2.45, 2.75) is 57.0 Å². The normalized spacial score (nSPS) is 21.2. The lowest BCUT2D eigenvalue weighted by Crippen LogP contribution is -2.68. The largest absolute Gasteiger partial charge is 0.487 e. The number of halogens is 2. The van der Waals surface area contributed by atoms with Gasteiger partial charge in [-0.3, -0.25) is 4.79 Å². The van der Waals surface area contributed by atoms with Crippen LogP contribution >= 0.6 is 0 Å². The minimum atomic E-state index is -1.82. The maximum Gasteiger partial charge on any atom is 0.414 e. The van der Waals surface area contributed by atoms with E-state index in [4.69, 9.17) is 34.0 Å². The zero-order valence-corrected chi connectivity index (χ0v) is 22.8. The number of carboxylic acids is 2. The highest BCUT2D eigenvalue weighted by molar-refractivity contribution is 6.27. The Morgan fingerprint density at radius 2 is 1.60 bits per heavy atom. The van der Waals surface area contributed by atoms with E-state index in [1.165, 1.54) is 32.2 Å². The number of ether oxygens (including phenoxy) is 3. The molecule has 12 heteroatoms. The number of hydrogen-bond acceptors (Lipinski definition) is 7. The van der Waals surface area contributed by atoms with Crippen molar-refractivity contribution < 1.29 is 47.6 Å². The van der Waals surface area contributed by atoms with Gasteiger partial charge in [0.25, 0.3) is 0 Å². The molecule has 0 bridgehead atoms. The summed E-state index contributed by atoms with van der Waals surface area (Å²) in [4.78, 5) is 32.9. The van der Waals surface area contributed by atoms with Crippen molar-refractivity contribution in [3.05, 3.63) is 65.7 Å². The molecule has 10 nitrogen and oxygen atoms in total. The average Bonchev–Trinajstić information content (AvgIpc) is 3.44. The average molecular weight is 567 g/mol. The molecule has 2 aromatic carbocycles. The highest BCUT2D eigenvalue weighted by Crippen LogP contribution is 2.52. The van der Waals surface area contributed by atoms with E-state index in [1.807, 2.05) is 11.8 Å². The number of piperidine rings is 1. The summed E-state index contributed by atoms with van der Waals surface area (Å²) in [6.45, 7) is 4.70. The van der Waals surface area contributed by atoms with E-state index >= 15 is 0 Å². The highest BCUT2D eigenvalue weighted by Gasteiger charge is 2.62. The lowest BCUT2D eigenvalue weighted by Gasteiger charge is -2.56. The van der Waals surface area contributed by atoms with Crippen LogP contribution in [0.25, 0.3) is 0 Å². The lowest BCUT2D eigenvalue weighted by molar-refractivity contribution is -0.268. The van der Waals surface area contributed by atoms with Gasteiger partial charge in [-0.1, -0.05) is 37.6 Å². The first-order valence-corrected chi connectivity index (χ1v) is 12.8. The van der Waals surface area contributed by atoms with Crippen LogP contribution in [0.5, 0.6) is 5.75 Å². The summed E-state index contributed by atoms with van der Waals surface area (Å²) >= 11 is 0. The number of aliphatic carboxylic acids is 2. The number of carbonyl (C=O) groups excluding carboxylic acids is 1. The molecule has 2 heterocycles. The first-order valence-electron chi connectivity index (χ1n) is 12.8. The third-order valence-corrected chi connectivity index (χ3v) is 6.64. The minimum absolute atomic E-state index is 0.0941. The Kier molecular flexibility index (Phi) is 12.0. The SMILES string of the molecule is CCCC1(C2(c3ccc(F)cc3)OCCO2)CC(Oc2ccccc2F)CCN1C(C)=O.CN.O=C(O)C(=O)O. The second-order valence-corrected chi connectivity index (χ2v) is 9.05. The second-order valence-electron chi connectivity index (χ2n) is 9.05. The van der Waals surface area contributed by atoms with Crippen molar-refractivity contribution in [2.24, 2.45) is 5.73 Å². The van der Waals surface area contributed by atoms with Crippen molar-refractivity contribution in [2.75, 3.05) is 26.8 Å². The third kappa shape index (κ3) is 7.12. The molecule has 2 unspecified atom stereocenters. The fraction of sp³-hybridized carbons (Fsp3) is 0.464. The highest BCUT2D eigenvalue weighted by atomic mass is 19.1. The van der Waals surface area contributed by atoms with E-state index < -0.39 is 29.1 Å². The fourth-order valence-electron chi connectivity index (χ4n) is 5.27. The fourth-order valence-corrected chi connectivity index (χ4v) is 5.27. The molecule has 2 aromatic rings. The molecule has 40 heavy (non-hydrogen) atoms. The van der Waals surface area contributed by atoms with Gasteiger partial charge in [-0.25, -0.2) is 18.4 Å². The van der Waals surface area contributed by atoms with Gasteiger partial charge >= 0.3 is 11.9 Å². The summed E-state index contributed by atoms with van der Waals surface area (Å²) in [5.74, 6) is -5.61. The second kappa shape index (κ2) is 14.7. The lowest BCUT2D eigenvalue weighted by atomic mass is 9.72. The van der Waals surface area contributed by atoms with Gasteiger partial charge in [0.15, 0.2) is 11.6 Å². The van der Waals surface area contributed by atoms with E-state index in [2.05, 4.69) is 5.73 Å². The van der Waals surface area contributed by atoms with Crippen LogP contribution in [0.4, 0.5) is 8.78 Å². The number of nitrogens with zero attached hydrogens (tertiary/aromatic N) is 1. The standard InChI is InChI=1S/C25H29F2NO4.C2H2O4.CH5N/c1-3-13-24(25(30-15-16-31-25)19-8-10-20(26)11-9-19)17-21(12-14-28(24)18(2)29)32-23-7-5-4-6-22(23)27;3-1(4)2(5)6;1-2/h4-11,21H,3,12-17H2,1-2H3;(H,3,4)(H,5,6);2H2,1H3. The molecule has 0 spiro atoms. The van der Waals surface area contributed by atoms with Gasteiger partial charge in [0.2, 0.25) is 11.7 Å². The zero-order chi connectivity index (χ0) is 29.9. The third-order valence-electron chi connectivity index (χ3n) is 6.64. The molecule has 0 saturated carbocycles. The van der Waals surface area contributed by atoms with Crippen LogP contribution in [0.3, 0.4) is 0 Å². The van der Waals surface area contributed by atoms with Gasteiger partial charge in [-0.05, 0) is 37.7 Å². The first-order chi connectivity index (χ1) is 19.1. The van der Waals surface area contributed by atoms with Crippen molar-refractivity contribution in [3.63, 3.8) is 0 Å². The predicted octanol–water partition coefficient (Wildman–Crippen LogP) is 3.52. The van der Waals surface area contributed by atoms with E-state index in [-0.39, 0.29) is 23.6 Å². The molecule has 2 fully saturated rings. The topological polar surface area (TPSA) is 149 Å². The Bertz CT molecular complexity index is 1130. The number of rotatable bonds is 6. The van der Waals surface area contributed by atoms with Crippen LogP contribution in [0.2, 0.25) is 0 Å². The Hall–Kier alpha value is -3.61. The summed E-state index contributed by atoms with van der Waals surface area (Å²) in [6, 6.07) is 12.4. The molecule has 4 N–H and O–H groups in total. The molecule has 2 atom stereocenters. The van der Waals surface area contributed by atoms with Gasteiger partial charge < -0.3 is 35.1 Å². The van der Waals surface area contributed by atoms with Crippen molar-refractivity contribution in [1.29, 1.82) is 0 Å². The quantitative estimate of drug-likeness (QED) is 0.447. The molecule has 1 amide bonds. The number of hydrogen-bond donors (Lipinski definition) is 3. The molecule has 2 saturated heterocycles. The number of carbonyl (C=O) groups is 3. The summed E-state index contributed by atoms with van der Waals surface area (Å²) in [7, 11) is 1.50. The van der Waals surface area contributed by atoms with E-state index in [0.29, 0.717) is 44.6 Å². The van der Waals surface area contributed by atoms with E-state index in [0.717, 1.165) is 6.42 Å². The van der Waals surface area contributed by atoms with Crippen molar-refractivity contribution in [3.8, 4) is 5.75 Å². The Labute approximate surface area is 231 Å². The van der Waals surface area contributed by atoms with Crippen molar-refractivity contribution >= 4 is 17.8 Å². The Morgan fingerprint density at radius 3 is 2.10 bits per heavy atom. The predicted molar refractivity (Wildman–Crippen MR) is 140 cm³/mol. The minimum Gasteiger partial charge on any atom is -0.487 e. The maximum atomic E-state index is 14.3. The molecular weight excluding hydrogens is 530 g/mol. The maximum absolute atomic E-state index is 14.3. The molecule has 0 aromatic heterocycles. The summed E-state index contributed by atoms with van der Waals surface area (Å²) in [5, 5.41) is 14.8. The molecule has 220 valence electrons. The first kappa shape index (κ1) is 32.6. The van der Waals surface area contributed by atoms with Gasteiger partial charge in [0, 0.05) is 31.9 Å². The molecule has 2 aliphatic rings. The van der Waals surface area contributed by atoms with Crippen molar-refractivity contribution in [1.82, 2.24) is 4.90 Å². The van der Waals surface area contributed by atoms with Gasteiger partial charge in [-0.15, -0.1) is 0 Å². The van der Waals surface area contributed by atoms with E-state index in [1.54, 1.807) is 30.3 Å². The summed E-state index contributed by atoms with van der Waals surface area (Å²) in [6.07, 6.45) is 1.94. The number of para-hydroxylation sites is 1. The van der Waals surface area contributed by atoms with Crippen LogP contribution < -0.4 is 10.5 Å². The summed E-state index contributed by atoms with van der Waals surface area (Å²) in [5.41, 5.74) is 4.26. The van der Waals surface area contributed by atoms with Crippen LogP contribution in [-0.4, -0.2) is 71.4 Å². The molecule has 4 rings (SSSR count). The zero-order valence-electron chi connectivity index (χ0n) is 22.8. The Balaban J connectivity index is 0.000000622. The molecule has 0 aliphatic carbocycles. The van der Waals surface area contributed by atoms with Gasteiger partial charge in [-0.2, -0.15) is 0 Å². The smallest absolute Gasteiger partial charge is 0.414 e. The van der Waals surface area contributed by atoms with Crippen LogP contribution in [-0.2, 0) is 29.6 Å². The monoisotopic (exact) mass is 566 g/mol. The summed E-state index contributed by atoms with van der Waals surface area (Å²) < 4.78 is 46.7. The van der Waals surface area contributed by atoms with Crippen LogP contribution in [0.1, 0.15) is 45.1 Å². The number of nitrogens with two attached hydrogens (primary N) is 1. The van der Waals surface area contributed by atoms with Crippen LogP contribution in [0, 0.1) is 11.6 Å². The van der Waals surface area contributed by atoms with Gasteiger partial charge in [0.1, 0.15) is 17.5 Å². The van der Waals surface area contributed by atoms with Crippen LogP contribution in [0.15, 0.2) is 48.5 Å².